The number of ether oxygens (including phenoxy) is 2. The number of furan rings is 1. The third kappa shape index (κ3) is 8.30. The number of rotatable bonds is 11. The van der Waals surface area contributed by atoms with Crippen LogP contribution in [0, 0.1) is 12.7 Å². The average molecular weight is 539 g/mol. The largest absolute Gasteiger partial charge is 0.495 e. The van der Waals surface area contributed by atoms with Gasteiger partial charge in [-0.15, -0.1) is 0 Å². The fourth-order valence-electron chi connectivity index (χ4n) is 4.35. The molecule has 1 aliphatic heterocycles. The minimum atomic E-state index is -0.406. The first kappa shape index (κ1) is 28.1. The van der Waals surface area contributed by atoms with Gasteiger partial charge in [0, 0.05) is 32.7 Å². The highest BCUT2D eigenvalue weighted by Gasteiger charge is 2.24. The lowest BCUT2D eigenvalue weighted by Crippen LogP contribution is -2.48. The first-order valence-electron chi connectivity index (χ1n) is 13.0. The number of aryl methyl sites for hydroxylation is 1. The number of benzene rings is 2. The van der Waals surface area contributed by atoms with Crippen molar-refractivity contribution in [2.24, 2.45) is 0 Å². The second kappa shape index (κ2) is 13.8. The van der Waals surface area contributed by atoms with Crippen LogP contribution in [0.2, 0.25) is 0 Å². The summed E-state index contributed by atoms with van der Waals surface area (Å²) in [4.78, 5) is 32.5. The summed E-state index contributed by atoms with van der Waals surface area (Å²) in [6.45, 7) is 5.91. The number of hydrogen-bond acceptors (Lipinski definition) is 6. The minimum Gasteiger partial charge on any atom is -0.495 e. The molecule has 0 unspecified atom stereocenters. The molecule has 4 rings (SSSR count). The van der Waals surface area contributed by atoms with E-state index in [1.807, 2.05) is 25.1 Å². The lowest BCUT2D eigenvalue weighted by atomic mass is 10.2. The average Bonchev–Trinajstić information content (AvgIpc) is 3.36. The molecule has 9 nitrogen and oxygen atoms in total. The van der Waals surface area contributed by atoms with E-state index in [1.54, 1.807) is 35.2 Å². The molecule has 1 saturated heterocycles. The lowest BCUT2D eigenvalue weighted by Gasteiger charge is -2.31. The van der Waals surface area contributed by atoms with Gasteiger partial charge in [0.05, 0.1) is 32.6 Å². The van der Waals surface area contributed by atoms with Crippen molar-refractivity contribution < 1.29 is 27.9 Å². The zero-order valence-corrected chi connectivity index (χ0v) is 22.4. The molecular weight excluding hydrogens is 503 g/mol. The zero-order chi connectivity index (χ0) is 27.6. The molecule has 3 aromatic rings. The molecule has 3 amide bonds. The summed E-state index contributed by atoms with van der Waals surface area (Å²) in [5, 5.41) is 2.89. The molecule has 39 heavy (non-hydrogen) atoms. The molecule has 0 radical (unpaired) electrons. The molecule has 2 aromatic carbocycles. The van der Waals surface area contributed by atoms with Gasteiger partial charge in [-0.05, 0) is 48.9 Å². The third-order valence-corrected chi connectivity index (χ3v) is 6.53. The third-order valence-electron chi connectivity index (χ3n) is 6.53. The van der Waals surface area contributed by atoms with Crippen LogP contribution in [0.3, 0.4) is 0 Å². The van der Waals surface area contributed by atoms with Gasteiger partial charge >= 0.3 is 6.03 Å². The molecule has 208 valence electrons. The summed E-state index contributed by atoms with van der Waals surface area (Å²) in [7, 11) is 1.54. The van der Waals surface area contributed by atoms with E-state index in [1.165, 1.54) is 24.1 Å². The molecule has 10 heteroatoms. The van der Waals surface area contributed by atoms with E-state index >= 15 is 0 Å². The highest BCUT2D eigenvalue weighted by atomic mass is 19.1. The Hall–Kier alpha value is -3.89. The predicted octanol–water partition coefficient (Wildman–Crippen LogP) is 4.13. The van der Waals surface area contributed by atoms with Crippen LogP contribution in [-0.2, 0) is 22.6 Å². The number of hydrogen-bond donors (Lipinski definition) is 1. The number of anilines is 1. The van der Waals surface area contributed by atoms with Crippen molar-refractivity contribution in [1.82, 2.24) is 14.7 Å². The Kier molecular flexibility index (Phi) is 9.93. The Balaban J connectivity index is 1.52. The van der Waals surface area contributed by atoms with Gasteiger partial charge in [-0.3, -0.25) is 9.69 Å². The van der Waals surface area contributed by atoms with Gasteiger partial charge in [-0.25, -0.2) is 9.18 Å². The number of carbonyl (C=O) groups excluding carboxylic acids is 2. The Morgan fingerprint density at radius 1 is 1.00 bits per heavy atom. The van der Waals surface area contributed by atoms with Crippen LogP contribution in [0.5, 0.6) is 5.75 Å². The molecule has 0 spiro atoms. The maximum absolute atomic E-state index is 13.7. The van der Waals surface area contributed by atoms with Crippen molar-refractivity contribution in [3.63, 3.8) is 0 Å². The quantitative estimate of drug-likeness (QED) is 0.395. The Morgan fingerprint density at radius 3 is 2.44 bits per heavy atom. The first-order valence-corrected chi connectivity index (χ1v) is 13.0. The summed E-state index contributed by atoms with van der Waals surface area (Å²) in [5.41, 5.74) is 1.29. The predicted molar refractivity (Wildman–Crippen MR) is 145 cm³/mol. The van der Waals surface area contributed by atoms with Crippen LogP contribution in [0.15, 0.2) is 65.1 Å². The number of urea groups is 1. The van der Waals surface area contributed by atoms with Crippen molar-refractivity contribution in [3.8, 4) is 5.75 Å². The van der Waals surface area contributed by atoms with Crippen molar-refractivity contribution in [1.29, 1.82) is 0 Å². The molecule has 1 fully saturated rings. The number of nitrogens with zero attached hydrogens (tertiary/aromatic N) is 3. The number of nitrogens with one attached hydrogen (secondary N) is 1. The normalized spacial score (nSPS) is 13.6. The fraction of sp³-hybridized carbons (Fsp3) is 0.379. The summed E-state index contributed by atoms with van der Waals surface area (Å²) < 4.78 is 30.0. The summed E-state index contributed by atoms with van der Waals surface area (Å²) >= 11 is 0. The smallest absolute Gasteiger partial charge is 0.322 e. The van der Waals surface area contributed by atoms with Gasteiger partial charge in [-0.1, -0.05) is 24.3 Å². The molecular formula is C29H35FN4O5. The second-order valence-corrected chi connectivity index (χ2v) is 9.39. The first-order chi connectivity index (χ1) is 18.9. The van der Waals surface area contributed by atoms with E-state index in [-0.39, 0.29) is 31.4 Å². The van der Waals surface area contributed by atoms with E-state index in [4.69, 9.17) is 13.9 Å². The van der Waals surface area contributed by atoms with Crippen LogP contribution >= 0.6 is 0 Å². The molecule has 1 N–H and O–H groups in total. The number of halogens is 1. The monoisotopic (exact) mass is 538 g/mol. The minimum absolute atomic E-state index is 0.147. The zero-order valence-electron chi connectivity index (χ0n) is 22.4. The van der Waals surface area contributed by atoms with Gasteiger partial charge < -0.3 is 29.0 Å². The van der Waals surface area contributed by atoms with Crippen molar-refractivity contribution >= 4 is 17.6 Å². The summed E-state index contributed by atoms with van der Waals surface area (Å²) in [5.74, 6) is 1.28. The van der Waals surface area contributed by atoms with Crippen LogP contribution in [-0.4, -0.2) is 79.7 Å². The number of para-hydroxylation sites is 2. The van der Waals surface area contributed by atoms with Crippen molar-refractivity contribution in [2.45, 2.75) is 20.0 Å². The molecule has 0 saturated carbocycles. The van der Waals surface area contributed by atoms with Gasteiger partial charge in [0.15, 0.2) is 0 Å². The molecule has 0 atom stereocenters. The van der Waals surface area contributed by atoms with Crippen LogP contribution in [0.4, 0.5) is 14.9 Å². The van der Waals surface area contributed by atoms with Crippen LogP contribution < -0.4 is 10.1 Å². The molecule has 1 aliphatic rings. The van der Waals surface area contributed by atoms with E-state index < -0.39 is 6.03 Å². The van der Waals surface area contributed by atoms with E-state index in [9.17, 15) is 14.0 Å². The highest BCUT2D eigenvalue weighted by molar-refractivity contribution is 5.93. The Labute approximate surface area is 228 Å². The van der Waals surface area contributed by atoms with Crippen molar-refractivity contribution in [2.75, 3.05) is 58.4 Å². The Bertz CT molecular complexity index is 1230. The highest BCUT2D eigenvalue weighted by Crippen LogP contribution is 2.23. The van der Waals surface area contributed by atoms with Gasteiger partial charge in [-0.2, -0.15) is 0 Å². The molecule has 2 heterocycles. The maximum atomic E-state index is 13.7. The number of carbonyl (C=O) groups is 2. The van der Waals surface area contributed by atoms with Crippen LogP contribution in [0.1, 0.15) is 17.1 Å². The fourth-order valence-corrected chi connectivity index (χ4v) is 4.35. The number of methoxy groups -OCH3 is 1. The number of amides is 3. The van der Waals surface area contributed by atoms with E-state index in [0.29, 0.717) is 43.5 Å². The lowest BCUT2D eigenvalue weighted by molar-refractivity contribution is -0.133. The summed E-state index contributed by atoms with van der Waals surface area (Å²) in [6, 6.07) is 16.4. The summed E-state index contributed by atoms with van der Waals surface area (Å²) in [6.07, 6.45) is 0. The Morgan fingerprint density at radius 2 is 1.74 bits per heavy atom. The second-order valence-electron chi connectivity index (χ2n) is 9.39. The number of morpholine rings is 1. The maximum Gasteiger partial charge on any atom is 0.322 e. The van der Waals surface area contributed by atoms with Crippen molar-refractivity contribution in [3.05, 3.63) is 83.6 Å². The van der Waals surface area contributed by atoms with Gasteiger partial charge in [0.25, 0.3) is 0 Å². The topological polar surface area (TPSA) is 87.5 Å². The van der Waals surface area contributed by atoms with Gasteiger partial charge in [0.1, 0.15) is 29.6 Å². The van der Waals surface area contributed by atoms with Gasteiger partial charge in [0.2, 0.25) is 5.91 Å². The van der Waals surface area contributed by atoms with E-state index in [2.05, 4.69) is 10.2 Å². The SMILES string of the molecule is COc1ccccc1NC(=O)N(CCN1CCOCC1)CC(=O)N(Cc1ccc(F)cc1)Cc1ccc(C)o1. The van der Waals surface area contributed by atoms with Crippen LogP contribution in [0.25, 0.3) is 0 Å². The van der Waals surface area contributed by atoms with E-state index in [0.717, 1.165) is 24.4 Å². The molecule has 0 aliphatic carbocycles. The molecule has 1 aromatic heterocycles. The standard InChI is InChI=1S/C29H35FN4O5/c1-22-7-12-25(39-22)20-34(19-23-8-10-24(30)11-9-23)28(35)21-33(14-13-32-15-17-38-18-16-32)29(36)31-26-5-3-4-6-27(26)37-2/h3-12H,13-21H2,1-2H3,(H,31,36). The molecule has 0 bridgehead atoms.